The lowest BCUT2D eigenvalue weighted by Crippen LogP contribution is -2.45. The molecule has 2 heterocycles. The Bertz CT molecular complexity index is 756. The first kappa shape index (κ1) is 12.4. The van der Waals surface area contributed by atoms with Crippen LogP contribution in [0.2, 0.25) is 0 Å². The van der Waals surface area contributed by atoms with Gasteiger partial charge in [0.15, 0.2) is 0 Å². The van der Waals surface area contributed by atoms with E-state index in [-0.39, 0.29) is 17.8 Å². The van der Waals surface area contributed by atoms with E-state index < -0.39 is 0 Å². The molecule has 0 bridgehead atoms. The van der Waals surface area contributed by atoms with Crippen molar-refractivity contribution in [2.75, 3.05) is 16.8 Å². The number of rotatable bonds is 0. The molecule has 2 aliphatic rings. The second-order valence-corrected chi connectivity index (χ2v) is 5.65. The summed E-state index contributed by atoms with van der Waals surface area (Å²) in [5, 5.41) is 2.85. The maximum absolute atomic E-state index is 13.7. The Balaban J connectivity index is 1.89. The van der Waals surface area contributed by atoms with Crippen molar-refractivity contribution in [2.45, 2.75) is 19.4 Å². The summed E-state index contributed by atoms with van der Waals surface area (Å²) in [5.41, 5.74) is 4.35. The number of hydrogen-bond acceptors (Lipinski definition) is 2. The molecule has 3 nitrogen and oxygen atoms in total. The quantitative estimate of drug-likeness (QED) is 0.805. The molecule has 0 saturated heterocycles. The lowest BCUT2D eigenvalue weighted by atomic mass is 9.89. The van der Waals surface area contributed by atoms with Crippen LogP contribution in [-0.4, -0.2) is 12.5 Å². The molecule has 4 rings (SSSR count). The van der Waals surface area contributed by atoms with Gasteiger partial charge in [-0.1, -0.05) is 24.3 Å². The number of nitrogens with zero attached hydrogens (tertiary/aromatic N) is 1. The Hall–Kier alpha value is -2.36. The van der Waals surface area contributed by atoms with Gasteiger partial charge in [0.05, 0.1) is 11.4 Å². The van der Waals surface area contributed by atoms with Gasteiger partial charge in [-0.05, 0) is 42.2 Å². The molecular formula is C17H15FN2O. The third-order valence-corrected chi connectivity index (χ3v) is 4.38. The van der Waals surface area contributed by atoms with Crippen LogP contribution in [0.15, 0.2) is 36.4 Å². The number of nitrogens with one attached hydrogen (secondary N) is 1. The Morgan fingerprint density at radius 2 is 2.10 bits per heavy atom. The summed E-state index contributed by atoms with van der Waals surface area (Å²) in [7, 11) is 0. The second-order valence-electron chi connectivity index (χ2n) is 5.65. The molecule has 1 N–H and O–H groups in total. The van der Waals surface area contributed by atoms with Gasteiger partial charge in [-0.2, -0.15) is 0 Å². The van der Waals surface area contributed by atoms with E-state index in [0.717, 1.165) is 24.2 Å². The Morgan fingerprint density at radius 3 is 2.95 bits per heavy atom. The van der Waals surface area contributed by atoms with E-state index in [4.69, 9.17) is 0 Å². The molecule has 21 heavy (non-hydrogen) atoms. The molecule has 1 amide bonds. The maximum atomic E-state index is 13.7. The molecule has 1 unspecified atom stereocenters. The van der Waals surface area contributed by atoms with Crippen LogP contribution in [0.1, 0.15) is 22.7 Å². The minimum atomic E-state index is -0.313. The second kappa shape index (κ2) is 4.32. The summed E-state index contributed by atoms with van der Waals surface area (Å²) >= 11 is 0. The summed E-state index contributed by atoms with van der Waals surface area (Å²) in [5.74, 6) is -0.372. The first-order chi connectivity index (χ1) is 10.1. The van der Waals surface area contributed by atoms with Gasteiger partial charge in [0.2, 0.25) is 0 Å². The number of carbonyl (C=O) groups is 1. The molecule has 4 heteroatoms. The van der Waals surface area contributed by atoms with E-state index in [9.17, 15) is 9.18 Å². The number of benzene rings is 2. The molecule has 2 aromatic carbocycles. The van der Waals surface area contributed by atoms with Crippen molar-refractivity contribution in [3.63, 3.8) is 0 Å². The minimum Gasteiger partial charge on any atom is -0.354 e. The average molecular weight is 282 g/mol. The highest BCUT2D eigenvalue weighted by Crippen LogP contribution is 2.42. The molecule has 0 saturated carbocycles. The van der Waals surface area contributed by atoms with Gasteiger partial charge in [0, 0.05) is 6.54 Å². The third kappa shape index (κ3) is 1.75. The van der Waals surface area contributed by atoms with Crippen LogP contribution >= 0.6 is 0 Å². The topological polar surface area (TPSA) is 32.3 Å². The first-order valence-corrected chi connectivity index (χ1v) is 7.10. The average Bonchev–Trinajstić information content (AvgIpc) is 2.49. The molecule has 0 aromatic heterocycles. The zero-order valence-corrected chi connectivity index (χ0v) is 11.7. The molecule has 1 atom stereocenters. The van der Waals surface area contributed by atoms with Crippen molar-refractivity contribution >= 4 is 17.3 Å². The van der Waals surface area contributed by atoms with Gasteiger partial charge in [-0.15, -0.1) is 0 Å². The van der Waals surface area contributed by atoms with Crippen molar-refractivity contribution in [3.05, 3.63) is 58.9 Å². The molecule has 106 valence electrons. The van der Waals surface area contributed by atoms with Gasteiger partial charge in [-0.3, -0.25) is 4.79 Å². The van der Waals surface area contributed by atoms with Gasteiger partial charge >= 0.3 is 0 Å². The fraction of sp³-hybridized carbons (Fsp3) is 0.235. The normalized spacial score (nSPS) is 19.4. The van der Waals surface area contributed by atoms with E-state index in [2.05, 4.69) is 16.3 Å². The molecule has 2 aliphatic heterocycles. The fourth-order valence-corrected chi connectivity index (χ4v) is 3.31. The molecule has 0 fully saturated rings. The lowest BCUT2D eigenvalue weighted by molar-refractivity contribution is -0.117. The standard InChI is InChI=1S/C17H15FN2O/c1-10-8-15-14(9-13(10)18)19-17(21)16-12-5-3-2-4-11(12)6-7-20(15)16/h2-5,8-9,16H,6-7H2,1H3,(H,19,21). The van der Waals surface area contributed by atoms with Crippen LogP contribution in [0.5, 0.6) is 0 Å². The van der Waals surface area contributed by atoms with Crippen LogP contribution in [-0.2, 0) is 11.2 Å². The largest absolute Gasteiger partial charge is 0.354 e. The van der Waals surface area contributed by atoms with Crippen molar-refractivity contribution < 1.29 is 9.18 Å². The van der Waals surface area contributed by atoms with Gasteiger partial charge in [-0.25, -0.2) is 4.39 Å². The zero-order valence-electron chi connectivity index (χ0n) is 11.7. The van der Waals surface area contributed by atoms with Gasteiger partial charge in [0.25, 0.3) is 5.91 Å². The van der Waals surface area contributed by atoms with Crippen LogP contribution in [0, 0.1) is 12.7 Å². The number of amides is 1. The number of aryl methyl sites for hydroxylation is 1. The van der Waals surface area contributed by atoms with Gasteiger partial charge < -0.3 is 10.2 Å². The Morgan fingerprint density at radius 1 is 1.29 bits per heavy atom. The molecule has 0 aliphatic carbocycles. The van der Waals surface area contributed by atoms with Crippen molar-refractivity contribution in [3.8, 4) is 0 Å². The highest BCUT2D eigenvalue weighted by Gasteiger charge is 2.38. The first-order valence-electron chi connectivity index (χ1n) is 7.10. The number of halogens is 1. The highest BCUT2D eigenvalue weighted by atomic mass is 19.1. The minimum absolute atomic E-state index is 0.0853. The summed E-state index contributed by atoms with van der Waals surface area (Å²) in [6.45, 7) is 2.52. The Labute approximate surface area is 122 Å². The summed E-state index contributed by atoms with van der Waals surface area (Å²) < 4.78 is 13.7. The van der Waals surface area contributed by atoms with Crippen molar-refractivity contribution in [1.29, 1.82) is 0 Å². The van der Waals surface area contributed by atoms with E-state index in [1.165, 1.54) is 11.6 Å². The predicted molar refractivity (Wildman–Crippen MR) is 80.0 cm³/mol. The highest BCUT2D eigenvalue weighted by molar-refractivity contribution is 6.04. The smallest absolute Gasteiger partial charge is 0.251 e. The number of fused-ring (bicyclic) bond motifs is 5. The van der Waals surface area contributed by atoms with Gasteiger partial charge in [0.1, 0.15) is 11.9 Å². The number of anilines is 2. The molecule has 2 aromatic rings. The summed E-state index contributed by atoms with van der Waals surface area (Å²) in [6, 6.07) is 11.0. The Kier molecular flexibility index (Phi) is 2.55. The zero-order chi connectivity index (χ0) is 14.6. The predicted octanol–water partition coefficient (Wildman–Crippen LogP) is 3.19. The molecule has 0 radical (unpaired) electrons. The van der Waals surface area contributed by atoms with Crippen LogP contribution in [0.4, 0.5) is 15.8 Å². The van der Waals surface area contributed by atoms with Crippen LogP contribution in [0.3, 0.4) is 0 Å². The SMILES string of the molecule is Cc1cc2c(cc1F)NC(=O)C1c3ccccc3CCN21. The fourth-order valence-electron chi connectivity index (χ4n) is 3.31. The maximum Gasteiger partial charge on any atom is 0.251 e. The third-order valence-electron chi connectivity index (χ3n) is 4.38. The van der Waals surface area contributed by atoms with Crippen LogP contribution in [0.25, 0.3) is 0 Å². The monoisotopic (exact) mass is 282 g/mol. The van der Waals surface area contributed by atoms with E-state index in [1.807, 2.05) is 24.3 Å². The van der Waals surface area contributed by atoms with Crippen molar-refractivity contribution in [2.24, 2.45) is 0 Å². The lowest BCUT2D eigenvalue weighted by Gasteiger charge is -2.42. The van der Waals surface area contributed by atoms with E-state index in [0.29, 0.717) is 11.3 Å². The summed E-state index contributed by atoms with van der Waals surface area (Å²) in [4.78, 5) is 14.6. The van der Waals surface area contributed by atoms with Crippen molar-refractivity contribution in [1.82, 2.24) is 0 Å². The summed E-state index contributed by atoms with van der Waals surface area (Å²) in [6.07, 6.45) is 0.899. The number of carbonyl (C=O) groups excluding carboxylic acids is 1. The number of hydrogen-bond donors (Lipinski definition) is 1. The van der Waals surface area contributed by atoms with E-state index >= 15 is 0 Å². The molecular weight excluding hydrogens is 267 g/mol. The molecule has 0 spiro atoms. The van der Waals surface area contributed by atoms with Crippen LogP contribution < -0.4 is 10.2 Å². The van der Waals surface area contributed by atoms with E-state index in [1.54, 1.807) is 6.92 Å².